The summed E-state index contributed by atoms with van der Waals surface area (Å²) in [5.41, 5.74) is -2.99. The van der Waals surface area contributed by atoms with Gasteiger partial charge in [-0.3, -0.25) is 14.3 Å². The minimum absolute atomic E-state index is 0.0277. The zero-order valence-electron chi connectivity index (χ0n) is 9.24. The van der Waals surface area contributed by atoms with Crippen molar-refractivity contribution in [1.82, 2.24) is 9.55 Å². The molecule has 8 nitrogen and oxygen atoms in total. The highest BCUT2D eigenvalue weighted by atomic mass is 16.6. The number of hydrogen-bond donors (Lipinski definition) is 3. The minimum Gasteiger partial charge on any atom is -0.392 e. The van der Waals surface area contributed by atoms with Gasteiger partial charge >= 0.3 is 5.69 Å². The maximum absolute atomic E-state index is 11.5. The van der Waals surface area contributed by atoms with E-state index in [1.807, 2.05) is 4.98 Å². The summed E-state index contributed by atoms with van der Waals surface area (Å²) in [7, 11) is 0. The number of aromatic amines is 1. The molecule has 18 heavy (non-hydrogen) atoms. The molecule has 8 heteroatoms. The summed E-state index contributed by atoms with van der Waals surface area (Å²) in [6.45, 7) is -0.681. The molecule has 1 aliphatic rings. The van der Waals surface area contributed by atoms with Crippen LogP contribution in [0, 0.1) is 11.3 Å². The molecule has 1 saturated heterocycles. The SMILES string of the molecule is N#CC1(CO)OC(n2ccc(=O)[nH]c2=O)CC1O. The van der Waals surface area contributed by atoms with Crippen molar-refractivity contribution >= 4 is 0 Å². The van der Waals surface area contributed by atoms with Crippen LogP contribution in [-0.2, 0) is 4.74 Å². The topological polar surface area (TPSA) is 128 Å². The van der Waals surface area contributed by atoms with Gasteiger partial charge in [0.1, 0.15) is 18.4 Å². The van der Waals surface area contributed by atoms with E-state index in [1.165, 1.54) is 6.20 Å². The fourth-order valence-electron chi connectivity index (χ4n) is 1.85. The Hall–Kier alpha value is -1.95. The van der Waals surface area contributed by atoms with Crippen LogP contribution in [-0.4, -0.2) is 38.1 Å². The van der Waals surface area contributed by atoms with Crippen molar-refractivity contribution in [3.05, 3.63) is 33.1 Å². The van der Waals surface area contributed by atoms with Gasteiger partial charge in [0.05, 0.1) is 6.61 Å². The number of aliphatic hydroxyl groups is 2. The molecular formula is C10H11N3O5. The monoisotopic (exact) mass is 253 g/mol. The predicted molar refractivity (Wildman–Crippen MR) is 57.5 cm³/mol. The van der Waals surface area contributed by atoms with E-state index in [1.54, 1.807) is 6.07 Å². The average molecular weight is 253 g/mol. The first-order valence-electron chi connectivity index (χ1n) is 5.22. The summed E-state index contributed by atoms with van der Waals surface area (Å²) in [4.78, 5) is 24.5. The standard InChI is InChI=1S/C10H11N3O5/c11-4-10(5-14)6(15)3-8(18-10)13-2-1-7(16)12-9(13)17/h1-2,6,8,14-15H,3,5H2,(H,12,16,17). The predicted octanol–water partition coefficient (Wildman–Crippen LogP) is -1.93. The Morgan fingerprint density at radius 2 is 2.39 bits per heavy atom. The number of rotatable bonds is 2. The van der Waals surface area contributed by atoms with Crippen molar-refractivity contribution in [3.63, 3.8) is 0 Å². The molecule has 0 radical (unpaired) electrons. The van der Waals surface area contributed by atoms with Crippen molar-refractivity contribution in [2.75, 3.05) is 6.61 Å². The maximum Gasteiger partial charge on any atom is 0.330 e. The van der Waals surface area contributed by atoms with Gasteiger partial charge in [0, 0.05) is 18.7 Å². The van der Waals surface area contributed by atoms with E-state index in [4.69, 9.17) is 15.1 Å². The molecule has 0 bridgehead atoms. The van der Waals surface area contributed by atoms with Gasteiger partial charge in [-0.2, -0.15) is 5.26 Å². The zero-order valence-corrected chi connectivity index (χ0v) is 9.24. The molecule has 1 fully saturated rings. The fraction of sp³-hybridized carbons (Fsp3) is 0.500. The molecule has 3 N–H and O–H groups in total. The molecule has 96 valence electrons. The number of hydrogen-bond acceptors (Lipinski definition) is 6. The molecule has 1 aliphatic heterocycles. The average Bonchev–Trinajstić information content (AvgIpc) is 2.67. The second-order valence-corrected chi connectivity index (χ2v) is 4.00. The first kappa shape index (κ1) is 12.5. The van der Waals surface area contributed by atoms with Crippen LogP contribution in [0.25, 0.3) is 0 Å². The number of ether oxygens (including phenoxy) is 1. The van der Waals surface area contributed by atoms with Crippen LogP contribution >= 0.6 is 0 Å². The highest BCUT2D eigenvalue weighted by molar-refractivity contribution is 5.11. The molecule has 0 spiro atoms. The van der Waals surface area contributed by atoms with Crippen LogP contribution in [0.1, 0.15) is 12.6 Å². The Bertz CT molecular complexity index is 601. The summed E-state index contributed by atoms with van der Waals surface area (Å²) >= 11 is 0. The second kappa shape index (κ2) is 4.38. The first-order valence-corrected chi connectivity index (χ1v) is 5.22. The molecule has 0 saturated carbocycles. The summed E-state index contributed by atoms with van der Waals surface area (Å²) in [5.74, 6) is 0. The van der Waals surface area contributed by atoms with Crippen LogP contribution < -0.4 is 11.2 Å². The lowest BCUT2D eigenvalue weighted by atomic mass is 10.00. The Kier molecular flexibility index (Phi) is 3.04. The first-order chi connectivity index (χ1) is 8.52. The van der Waals surface area contributed by atoms with Gasteiger partial charge in [-0.25, -0.2) is 4.79 Å². The maximum atomic E-state index is 11.5. The largest absolute Gasteiger partial charge is 0.392 e. The van der Waals surface area contributed by atoms with E-state index in [0.717, 1.165) is 10.6 Å². The van der Waals surface area contributed by atoms with Crippen molar-refractivity contribution in [2.45, 2.75) is 24.4 Å². The lowest BCUT2D eigenvalue weighted by molar-refractivity contribution is -0.0925. The third-order valence-corrected chi connectivity index (χ3v) is 2.90. The van der Waals surface area contributed by atoms with Crippen molar-refractivity contribution in [3.8, 4) is 6.07 Å². The lowest BCUT2D eigenvalue weighted by Crippen LogP contribution is -2.41. The molecule has 2 heterocycles. The minimum atomic E-state index is -1.74. The highest BCUT2D eigenvalue weighted by Gasteiger charge is 2.49. The smallest absolute Gasteiger partial charge is 0.330 e. The Labute approximate surface area is 101 Å². The molecule has 1 aromatic heterocycles. The number of nitrogens with one attached hydrogen (secondary N) is 1. The van der Waals surface area contributed by atoms with Gasteiger partial charge in [0.25, 0.3) is 5.56 Å². The van der Waals surface area contributed by atoms with E-state index < -0.39 is 35.8 Å². The highest BCUT2D eigenvalue weighted by Crippen LogP contribution is 2.35. The van der Waals surface area contributed by atoms with Crippen LogP contribution in [0.5, 0.6) is 0 Å². The van der Waals surface area contributed by atoms with Gasteiger partial charge in [-0.05, 0) is 0 Å². The van der Waals surface area contributed by atoms with Gasteiger partial charge in [-0.1, -0.05) is 0 Å². The zero-order chi connectivity index (χ0) is 13.3. The summed E-state index contributed by atoms with van der Waals surface area (Å²) < 4.78 is 6.30. The summed E-state index contributed by atoms with van der Waals surface area (Å²) in [5, 5.41) is 27.8. The van der Waals surface area contributed by atoms with E-state index in [2.05, 4.69) is 0 Å². The Morgan fingerprint density at radius 3 is 2.89 bits per heavy atom. The van der Waals surface area contributed by atoms with Crippen LogP contribution in [0.4, 0.5) is 0 Å². The van der Waals surface area contributed by atoms with E-state index in [-0.39, 0.29) is 6.42 Å². The molecular weight excluding hydrogens is 242 g/mol. The molecule has 3 unspecified atom stereocenters. The number of nitrogens with zero attached hydrogens (tertiary/aromatic N) is 2. The normalized spacial score (nSPS) is 31.2. The number of H-pyrrole nitrogens is 1. The third kappa shape index (κ3) is 1.84. The molecule has 0 aliphatic carbocycles. The summed E-state index contributed by atoms with van der Waals surface area (Å²) in [6, 6.07) is 2.83. The van der Waals surface area contributed by atoms with Gasteiger partial charge in [-0.15, -0.1) is 0 Å². The fourth-order valence-corrected chi connectivity index (χ4v) is 1.85. The van der Waals surface area contributed by atoms with Crippen molar-refractivity contribution < 1.29 is 14.9 Å². The van der Waals surface area contributed by atoms with Crippen LogP contribution in [0.2, 0.25) is 0 Å². The lowest BCUT2D eigenvalue weighted by Gasteiger charge is -2.21. The quantitative estimate of drug-likeness (QED) is 0.563. The summed E-state index contributed by atoms with van der Waals surface area (Å²) in [6.07, 6.45) is -0.934. The van der Waals surface area contributed by atoms with E-state index in [0.29, 0.717) is 0 Å². The van der Waals surface area contributed by atoms with Gasteiger partial charge < -0.3 is 14.9 Å². The number of aliphatic hydroxyl groups excluding tert-OH is 2. The second-order valence-electron chi connectivity index (χ2n) is 4.00. The van der Waals surface area contributed by atoms with Gasteiger partial charge in [0.15, 0.2) is 0 Å². The number of nitriles is 1. The molecule has 1 aromatic rings. The molecule has 0 aromatic carbocycles. The van der Waals surface area contributed by atoms with Crippen LogP contribution in [0.3, 0.4) is 0 Å². The van der Waals surface area contributed by atoms with Crippen molar-refractivity contribution in [2.24, 2.45) is 0 Å². The van der Waals surface area contributed by atoms with E-state index in [9.17, 15) is 14.7 Å². The molecule has 0 amide bonds. The number of aromatic nitrogens is 2. The Morgan fingerprint density at radius 1 is 1.67 bits per heavy atom. The third-order valence-electron chi connectivity index (χ3n) is 2.90. The Balaban J connectivity index is 2.36. The van der Waals surface area contributed by atoms with E-state index >= 15 is 0 Å². The van der Waals surface area contributed by atoms with Crippen LogP contribution in [0.15, 0.2) is 21.9 Å². The van der Waals surface area contributed by atoms with Crippen molar-refractivity contribution in [1.29, 1.82) is 5.26 Å². The van der Waals surface area contributed by atoms with Gasteiger partial charge in [0.2, 0.25) is 5.60 Å². The molecule has 3 atom stereocenters. The molecule has 2 rings (SSSR count).